The van der Waals surface area contributed by atoms with E-state index in [1.807, 2.05) is 0 Å². The first-order valence-electron chi connectivity index (χ1n) is 39.6. The first-order chi connectivity index (χ1) is 67.3. The Morgan fingerprint density at radius 3 is 0.497 bits per heavy atom. The Kier molecular flexibility index (Phi) is 52.1. The van der Waals surface area contributed by atoms with E-state index in [-0.39, 0.29) is 186 Å². The lowest BCUT2D eigenvalue weighted by molar-refractivity contribution is 0.0516. The highest BCUT2D eigenvalue weighted by Crippen LogP contribution is 2.40. The Labute approximate surface area is 849 Å². The molecule has 0 saturated heterocycles. The van der Waals surface area contributed by atoms with Crippen LogP contribution < -0.4 is 60.3 Å². The summed E-state index contributed by atoms with van der Waals surface area (Å²) in [5, 5.41) is 15.5. The summed E-state index contributed by atoms with van der Waals surface area (Å²) in [6.45, 7) is 7.16. The van der Waals surface area contributed by atoms with E-state index in [4.69, 9.17) is 160 Å². The lowest BCUT2D eigenvalue weighted by Gasteiger charge is -2.09. The molecule has 0 aliphatic carbocycles. The van der Waals surface area contributed by atoms with Crippen LogP contribution in [0.4, 0.5) is 96.2 Å². The molecule has 0 unspecified atom stereocenters. The van der Waals surface area contributed by atoms with Crippen molar-refractivity contribution >= 4 is 214 Å². The summed E-state index contributed by atoms with van der Waals surface area (Å²) in [4.78, 5) is 153. The van der Waals surface area contributed by atoms with E-state index >= 15 is 0 Å². The molecule has 0 aliphatic rings. The predicted molar refractivity (Wildman–Crippen MR) is 515 cm³/mol. The van der Waals surface area contributed by atoms with Gasteiger partial charge in [-0.3, -0.25) is 0 Å². The van der Waals surface area contributed by atoms with Gasteiger partial charge < -0.3 is 113 Å². The summed E-state index contributed by atoms with van der Waals surface area (Å²) in [6, 6.07) is 25.1. The molecule has 59 heteroatoms. The molecule has 0 fully saturated rings. The van der Waals surface area contributed by atoms with Crippen LogP contribution in [0.15, 0.2) is 146 Å². The number of esters is 6. The number of anilines is 12. The SMILES string of the molecule is CCOC(=O)c1cnc(Nc2cc(OC)ccc2F)nc1Cl.CCOC(=O)c1cnc(Nc2cc(OC)ccc2F)nc1Cl.CCOC(=O)c1cnc(Nc2cc(OC)ccc2F)nc1Cl.CCOC(=O)c1cnc(Nc2cc(OC)ccc2F)nc1Cl.CCOC(=O)c1cnc(Nc2cc(OC)ccc2F)nc1Cl.CCOC(=O)c1cnc(Nc2cc(OC)ccc2F)nc1Cl.Cl.O=P(O)(O)Cl.O=P(O)(O)O. The number of nitrogens with zero attached hydrogens (tertiary/aromatic N) is 12. The smallest absolute Gasteiger partial charge is 0.466 e. The van der Waals surface area contributed by atoms with Gasteiger partial charge in [0.05, 0.1) is 116 Å². The maximum Gasteiger partial charge on any atom is 0.466 e. The first kappa shape index (κ1) is 122. The van der Waals surface area contributed by atoms with Crippen molar-refractivity contribution < 1.29 is 146 Å². The van der Waals surface area contributed by atoms with Crippen molar-refractivity contribution in [3.8, 4) is 34.5 Å². The van der Waals surface area contributed by atoms with Gasteiger partial charge in [0.25, 0.3) is 0 Å². The quantitative estimate of drug-likeness (QED) is 0.00655. The van der Waals surface area contributed by atoms with Gasteiger partial charge in [-0.05, 0) is 114 Å². The molecular weight excluding hydrogens is 2120 g/mol. The Hall–Kier alpha value is -13.6. The average molecular weight is 2210 g/mol. The molecule has 0 atom stereocenters. The zero-order chi connectivity index (χ0) is 106. The minimum atomic E-state index is -4.64. The molecule has 6 aromatic heterocycles. The van der Waals surface area contributed by atoms with Crippen LogP contribution in [0.1, 0.15) is 104 Å². The van der Waals surface area contributed by atoms with Crippen molar-refractivity contribution in [3.05, 3.63) is 246 Å². The van der Waals surface area contributed by atoms with Gasteiger partial charge in [0, 0.05) is 84.8 Å². The molecule has 6 aromatic carbocycles. The van der Waals surface area contributed by atoms with Crippen LogP contribution in [-0.4, -0.2) is 202 Å². The third-order valence-corrected chi connectivity index (χ3v) is 17.7. The molecule has 0 aliphatic heterocycles. The van der Waals surface area contributed by atoms with Gasteiger partial charge in [-0.1, -0.05) is 69.6 Å². The molecule has 12 rings (SSSR count). The number of carbonyl (C=O) groups excluding carboxylic acids is 6. The second-order valence-corrected chi connectivity index (χ2v) is 31.0. The van der Waals surface area contributed by atoms with Crippen molar-refractivity contribution in [2.75, 3.05) is 114 Å². The number of benzene rings is 6. The molecule has 0 saturated carbocycles. The van der Waals surface area contributed by atoms with E-state index in [0.29, 0.717) is 34.5 Å². The maximum absolute atomic E-state index is 13.7. The fraction of sp³-hybridized carbons (Fsp3) is 0.214. The number of phosphoric acid groups is 1. The van der Waals surface area contributed by atoms with E-state index in [1.165, 1.54) is 189 Å². The molecule has 6 heterocycles. The lowest BCUT2D eigenvalue weighted by Crippen LogP contribution is -2.08. The number of ether oxygens (including phenoxy) is 12. The predicted octanol–water partition coefficient (Wildman–Crippen LogP) is 19.0. The van der Waals surface area contributed by atoms with Crippen molar-refractivity contribution in [1.29, 1.82) is 0 Å². The molecular formula is C84H84Cl8F6N18O25P2. The Morgan fingerprint density at radius 1 is 0.280 bits per heavy atom. The molecule has 12 aromatic rings. The van der Waals surface area contributed by atoms with Crippen molar-refractivity contribution in [1.82, 2.24) is 59.8 Å². The van der Waals surface area contributed by atoms with Gasteiger partial charge in [-0.15, -0.1) is 12.4 Å². The second kappa shape index (κ2) is 61.3. The van der Waals surface area contributed by atoms with Crippen LogP contribution in [0.3, 0.4) is 0 Å². The van der Waals surface area contributed by atoms with E-state index in [1.54, 1.807) is 41.5 Å². The highest BCUT2D eigenvalue weighted by Gasteiger charge is 2.24. The van der Waals surface area contributed by atoms with Crippen LogP contribution in [0.2, 0.25) is 30.9 Å². The average Bonchev–Trinajstić information content (AvgIpc) is 0.847. The maximum atomic E-state index is 13.7. The topological polar surface area (TPSA) is 575 Å². The standard InChI is InChI=1S/6C14H13ClFN3O3.ClH2O3P.ClH.H3O4P/c6*1-3-22-13(20)9-7-17-14(19-12(9)15)18-11-6-8(21-2)4-5-10(11)16;1-5(2,3)4;;1-5(2,3)4/h6*4-7H,3H2,1-2H3,(H,17,18,19);(H2,2,3,4);1H;(H3,1,2,3,4). The molecule has 11 N–H and O–H groups in total. The molecule has 143 heavy (non-hydrogen) atoms. The van der Waals surface area contributed by atoms with Gasteiger partial charge in [0.15, 0.2) is 0 Å². The van der Waals surface area contributed by atoms with Crippen molar-refractivity contribution in [2.24, 2.45) is 0 Å². The Balaban J connectivity index is 0.000000350. The molecule has 0 amide bonds. The molecule has 43 nitrogen and oxygen atoms in total. The van der Waals surface area contributed by atoms with E-state index in [0.717, 1.165) is 0 Å². The summed E-state index contributed by atoms with van der Waals surface area (Å²) >= 11 is 39.7. The fourth-order valence-corrected chi connectivity index (χ4v) is 10.9. The van der Waals surface area contributed by atoms with Crippen LogP contribution in [-0.2, 0) is 37.6 Å². The van der Waals surface area contributed by atoms with Crippen LogP contribution in [0, 0.1) is 34.9 Å². The number of methoxy groups -OCH3 is 6. The Morgan fingerprint density at radius 2 is 0.399 bits per heavy atom. The highest BCUT2D eigenvalue weighted by molar-refractivity contribution is 7.79. The molecule has 0 spiro atoms. The van der Waals surface area contributed by atoms with E-state index < -0.39 is 85.5 Å². The number of carbonyl (C=O) groups is 6. The normalized spacial score (nSPS) is 10.2. The van der Waals surface area contributed by atoms with Gasteiger partial charge in [-0.25, -0.2) is 94.1 Å². The summed E-state index contributed by atoms with van der Waals surface area (Å²) in [7, 11) is 4.19. The fourth-order valence-electron chi connectivity index (χ4n) is 9.69. The number of nitrogens with one attached hydrogen (secondary N) is 6. The monoisotopic (exact) mass is 2200 g/mol. The zero-order valence-corrected chi connectivity index (χ0v) is 84.0. The van der Waals surface area contributed by atoms with Crippen LogP contribution in [0.25, 0.3) is 0 Å². The van der Waals surface area contributed by atoms with Gasteiger partial charge in [0.2, 0.25) is 35.7 Å². The summed E-state index contributed by atoms with van der Waals surface area (Å²) in [6.07, 6.45) is 7.30. The minimum Gasteiger partial charge on any atom is -0.497 e. The summed E-state index contributed by atoms with van der Waals surface area (Å²) in [5.74, 6) is -3.64. The van der Waals surface area contributed by atoms with Crippen molar-refractivity contribution in [2.45, 2.75) is 41.5 Å². The van der Waals surface area contributed by atoms with Gasteiger partial charge in [-0.2, -0.15) is 29.9 Å². The number of hydrogen-bond donors (Lipinski definition) is 11. The number of halogens is 14. The lowest BCUT2D eigenvalue weighted by atomic mass is 10.3. The largest absolute Gasteiger partial charge is 0.497 e. The van der Waals surface area contributed by atoms with E-state index in [2.05, 4.69) is 103 Å². The minimum absolute atomic E-state index is 0. The number of rotatable bonds is 30. The number of aromatic nitrogens is 12. The van der Waals surface area contributed by atoms with Crippen LogP contribution >= 0.6 is 108 Å². The Bertz CT molecular complexity index is 5490. The van der Waals surface area contributed by atoms with Gasteiger partial charge in [0.1, 0.15) is 134 Å². The molecule has 768 valence electrons. The molecule has 0 bridgehead atoms. The zero-order valence-electron chi connectivity index (χ0n) is 76.1. The first-order valence-corrected chi connectivity index (χ1v) is 46.0. The summed E-state index contributed by atoms with van der Waals surface area (Å²) in [5.41, 5.74) is 0.997. The van der Waals surface area contributed by atoms with Crippen molar-refractivity contribution in [3.63, 3.8) is 0 Å². The second-order valence-electron chi connectivity index (χ2n) is 25.5. The van der Waals surface area contributed by atoms with Gasteiger partial charge >= 0.3 is 50.6 Å². The third kappa shape index (κ3) is 42.2. The third-order valence-electron chi connectivity index (χ3n) is 15.9. The van der Waals surface area contributed by atoms with E-state index in [9.17, 15) is 55.1 Å². The molecule has 0 radical (unpaired) electrons. The summed E-state index contributed by atoms with van der Waals surface area (Å²) < 4.78 is 159. The van der Waals surface area contributed by atoms with Crippen LogP contribution in [0.5, 0.6) is 34.5 Å². The number of hydrogen-bond acceptors (Lipinski definition) is 38. The highest BCUT2D eigenvalue weighted by atomic mass is 35.7.